The van der Waals surface area contributed by atoms with E-state index in [1.54, 1.807) is 6.33 Å². The van der Waals surface area contributed by atoms with Crippen molar-refractivity contribution in [1.82, 2.24) is 15.0 Å². The van der Waals surface area contributed by atoms with Gasteiger partial charge in [-0.05, 0) is 0 Å². The summed E-state index contributed by atoms with van der Waals surface area (Å²) in [5.41, 5.74) is 1.01. The molecule has 1 aliphatic rings. The normalized spacial score (nSPS) is 15.7. The van der Waals surface area contributed by atoms with Gasteiger partial charge in [0.2, 0.25) is 5.95 Å². The van der Waals surface area contributed by atoms with Crippen LogP contribution in [0.25, 0.3) is 11.4 Å². The number of hydrogen-bond donors (Lipinski definition) is 0. The molecule has 0 bridgehead atoms. The average molecular weight is 242 g/mol. The van der Waals surface area contributed by atoms with Crippen LogP contribution in [-0.4, -0.2) is 41.3 Å². The lowest BCUT2D eigenvalue weighted by Crippen LogP contribution is -2.37. The van der Waals surface area contributed by atoms with Crippen molar-refractivity contribution in [2.75, 3.05) is 31.2 Å². The quantitative estimate of drug-likeness (QED) is 0.796. The zero-order chi connectivity index (χ0) is 12.2. The minimum atomic E-state index is 0.715. The number of anilines is 1. The van der Waals surface area contributed by atoms with Gasteiger partial charge in [-0.2, -0.15) is 4.98 Å². The largest absolute Gasteiger partial charge is 0.378 e. The first kappa shape index (κ1) is 11.1. The molecule has 0 N–H and O–H groups in total. The lowest BCUT2D eigenvalue weighted by atomic mass is 10.2. The molecule has 18 heavy (non-hydrogen) atoms. The van der Waals surface area contributed by atoms with Gasteiger partial charge in [-0.1, -0.05) is 30.3 Å². The van der Waals surface area contributed by atoms with Gasteiger partial charge in [0.1, 0.15) is 6.33 Å². The van der Waals surface area contributed by atoms with Crippen molar-refractivity contribution in [2.45, 2.75) is 0 Å². The van der Waals surface area contributed by atoms with Crippen LogP contribution in [0.5, 0.6) is 0 Å². The maximum atomic E-state index is 5.32. The van der Waals surface area contributed by atoms with Crippen LogP contribution in [0.4, 0.5) is 5.95 Å². The molecule has 0 amide bonds. The standard InChI is InChI=1S/C13H14N4O/c1-2-4-11(5-3-1)12-14-10-15-13(16-12)17-6-8-18-9-7-17/h1-5,10H,6-9H2. The molecule has 0 aliphatic carbocycles. The van der Waals surface area contributed by atoms with Gasteiger partial charge in [-0.25, -0.2) is 9.97 Å². The molecule has 2 aromatic rings. The van der Waals surface area contributed by atoms with E-state index in [0.717, 1.165) is 37.8 Å². The van der Waals surface area contributed by atoms with Crippen LogP contribution in [0.1, 0.15) is 0 Å². The van der Waals surface area contributed by atoms with Crippen LogP contribution >= 0.6 is 0 Å². The molecule has 0 atom stereocenters. The summed E-state index contributed by atoms with van der Waals surface area (Å²) in [5, 5.41) is 0. The maximum Gasteiger partial charge on any atom is 0.229 e. The number of nitrogens with zero attached hydrogens (tertiary/aromatic N) is 4. The Kier molecular flexibility index (Phi) is 3.14. The van der Waals surface area contributed by atoms with Gasteiger partial charge in [0.05, 0.1) is 13.2 Å². The zero-order valence-electron chi connectivity index (χ0n) is 9.99. The number of hydrogen-bond acceptors (Lipinski definition) is 5. The van der Waals surface area contributed by atoms with Gasteiger partial charge >= 0.3 is 0 Å². The van der Waals surface area contributed by atoms with Crippen LogP contribution in [0.2, 0.25) is 0 Å². The van der Waals surface area contributed by atoms with Crippen molar-refractivity contribution in [3.63, 3.8) is 0 Å². The Morgan fingerprint density at radius 2 is 1.78 bits per heavy atom. The molecule has 1 aromatic carbocycles. The van der Waals surface area contributed by atoms with Gasteiger partial charge in [0, 0.05) is 18.7 Å². The molecule has 92 valence electrons. The number of morpholine rings is 1. The van der Waals surface area contributed by atoms with Crippen LogP contribution < -0.4 is 4.90 Å². The van der Waals surface area contributed by atoms with Crippen molar-refractivity contribution >= 4 is 5.95 Å². The Balaban J connectivity index is 1.89. The smallest absolute Gasteiger partial charge is 0.229 e. The van der Waals surface area contributed by atoms with Crippen LogP contribution in [0.3, 0.4) is 0 Å². The predicted molar refractivity (Wildman–Crippen MR) is 68.3 cm³/mol. The molecule has 1 fully saturated rings. The predicted octanol–water partition coefficient (Wildman–Crippen LogP) is 1.38. The van der Waals surface area contributed by atoms with Gasteiger partial charge in [-0.15, -0.1) is 0 Å². The van der Waals surface area contributed by atoms with Gasteiger partial charge in [-0.3, -0.25) is 0 Å². The second-order valence-corrected chi connectivity index (χ2v) is 4.07. The first-order chi connectivity index (χ1) is 8.93. The second-order valence-electron chi connectivity index (χ2n) is 4.07. The van der Waals surface area contributed by atoms with Crippen molar-refractivity contribution in [1.29, 1.82) is 0 Å². The Hall–Kier alpha value is -2.01. The third kappa shape index (κ3) is 2.31. The Bertz CT molecular complexity index is 511. The average Bonchev–Trinajstić information content (AvgIpc) is 2.49. The molecule has 5 nitrogen and oxygen atoms in total. The van der Waals surface area contributed by atoms with E-state index >= 15 is 0 Å². The van der Waals surface area contributed by atoms with Crippen molar-refractivity contribution in [3.8, 4) is 11.4 Å². The molecule has 1 aliphatic heterocycles. The zero-order valence-corrected chi connectivity index (χ0v) is 9.99. The topological polar surface area (TPSA) is 51.1 Å². The molecule has 3 rings (SSSR count). The molecule has 0 spiro atoms. The van der Waals surface area contributed by atoms with E-state index in [4.69, 9.17) is 4.74 Å². The summed E-state index contributed by atoms with van der Waals surface area (Å²) in [4.78, 5) is 15.1. The fourth-order valence-electron chi connectivity index (χ4n) is 1.93. The second kappa shape index (κ2) is 5.10. The SMILES string of the molecule is c1ccc(-c2ncnc(N3CCOCC3)n2)cc1. The first-order valence-electron chi connectivity index (χ1n) is 6.00. The number of rotatable bonds is 2. The van der Waals surface area contributed by atoms with E-state index in [2.05, 4.69) is 19.9 Å². The summed E-state index contributed by atoms with van der Waals surface area (Å²) in [5.74, 6) is 1.44. The van der Waals surface area contributed by atoms with Crippen LogP contribution in [0, 0.1) is 0 Å². The Morgan fingerprint density at radius 1 is 1.00 bits per heavy atom. The summed E-state index contributed by atoms with van der Waals surface area (Å²) >= 11 is 0. The van der Waals surface area contributed by atoms with Crippen molar-refractivity contribution < 1.29 is 4.74 Å². The van der Waals surface area contributed by atoms with E-state index in [9.17, 15) is 0 Å². The molecule has 0 unspecified atom stereocenters. The van der Waals surface area contributed by atoms with E-state index in [-0.39, 0.29) is 0 Å². The van der Waals surface area contributed by atoms with Crippen molar-refractivity contribution in [2.24, 2.45) is 0 Å². The van der Waals surface area contributed by atoms with E-state index < -0.39 is 0 Å². The molecule has 0 radical (unpaired) electrons. The summed E-state index contributed by atoms with van der Waals surface area (Å²) < 4.78 is 5.32. The Morgan fingerprint density at radius 3 is 2.56 bits per heavy atom. The minimum absolute atomic E-state index is 0.715. The van der Waals surface area contributed by atoms with Gasteiger partial charge < -0.3 is 9.64 Å². The van der Waals surface area contributed by atoms with Crippen LogP contribution in [0.15, 0.2) is 36.7 Å². The minimum Gasteiger partial charge on any atom is -0.378 e. The van der Waals surface area contributed by atoms with Gasteiger partial charge in [0.25, 0.3) is 0 Å². The highest BCUT2D eigenvalue weighted by atomic mass is 16.5. The van der Waals surface area contributed by atoms with E-state index in [1.165, 1.54) is 0 Å². The third-order valence-corrected chi connectivity index (χ3v) is 2.89. The van der Waals surface area contributed by atoms with E-state index in [1.807, 2.05) is 30.3 Å². The lowest BCUT2D eigenvalue weighted by Gasteiger charge is -2.26. The number of ether oxygens (including phenoxy) is 1. The number of benzene rings is 1. The number of aromatic nitrogens is 3. The third-order valence-electron chi connectivity index (χ3n) is 2.89. The molecule has 1 aromatic heterocycles. The highest BCUT2D eigenvalue weighted by molar-refractivity contribution is 5.55. The summed E-state index contributed by atoms with van der Waals surface area (Å²) in [6.45, 7) is 3.12. The summed E-state index contributed by atoms with van der Waals surface area (Å²) in [6.07, 6.45) is 1.57. The Labute approximate surface area is 105 Å². The fraction of sp³-hybridized carbons (Fsp3) is 0.308. The highest BCUT2D eigenvalue weighted by Crippen LogP contribution is 2.16. The molecule has 5 heteroatoms. The first-order valence-corrected chi connectivity index (χ1v) is 6.00. The molecular formula is C13H14N4O. The summed E-state index contributed by atoms with van der Waals surface area (Å²) in [7, 11) is 0. The fourth-order valence-corrected chi connectivity index (χ4v) is 1.93. The molecule has 1 saturated heterocycles. The van der Waals surface area contributed by atoms with Crippen LogP contribution in [-0.2, 0) is 4.74 Å². The molecule has 0 saturated carbocycles. The maximum absolute atomic E-state index is 5.32. The molecule has 2 heterocycles. The lowest BCUT2D eigenvalue weighted by molar-refractivity contribution is 0.122. The van der Waals surface area contributed by atoms with Crippen molar-refractivity contribution in [3.05, 3.63) is 36.7 Å². The molecular weight excluding hydrogens is 228 g/mol. The monoisotopic (exact) mass is 242 g/mol. The highest BCUT2D eigenvalue weighted by Gasteiger charge is 2.14. The van der Waals surface area contributed by atoms with Gasteiger partial charge in [0.15, 0.2) is 5.82 Å². The van der Waals surface area contributed by atoms with E-state index in [0.29, 0.717) is 5.82 Å². The summed E-state index contributed by atoms with van der Waals surface area (Å²) in [6, 6.07) is 9.94.